The van der Waals surface area contributed by atoms with Gasteiger partial charge in [-0.2, -0.15) is 5.10 Å². The van der Waals surface area contributed by atoms with E-state index in [4.69, 9.17) is 0 Å². The third-order valence-corrected chi connectivity index (χ3v) is 4.56. The first-order chi connectivity index (χ1) is 13.9. The van der Waals surface area contributed by atoms with E-state index in [-0.39, 0.29) is 11.7 Å². The molecule has 0 atom stereocenters. The third kappa shape index (κ3) is 4.31. The number of anilines is 1. The summed E-state index contributed by atoms with van der Waals surface area (Å²) in [5.41, 5.74) is 3.69. The van der Waals surface area contributed by atoms with Crippen molar-refractivity contribution in [3.05, 3.63) is 65.1 Å². The third-order valence-electron chi connectivity index (χ3n) is 4.56. The quantitative estimate of drug-likeness (QED) is 0.322. The number of rotatable bonds is 7. The highest BCUT2D eigenvalue weighted by atomic mass is 19.1. The summed E-state index contributed by atoms with van der Waals surface area (Å²) in [5.74, 6) is 0.390. The van der Waals surface area contributed by atoms with Crippen LogP contribution in [0.15, 0.2) is 48.2 Å². The highest BCUT2D eigenvalue weighted by Crippen LogP contribution is 2.24. The summed E-state index contributed by atoms with van der Waals surface area (Å²) in [6.45, 7) is 5.74. The molecular formula is C21H23FN6O. The van der Waals surface area contributed by atoms with Crippen LogP contribution in [0.1, 0.15) is 25.0 Å². The van der Waals surface area contributed by atoms with E-state index in [1.54, 1.807) is 31.3 Å². The molecule has 0 saturated carbocycles. The summed E-state index contributed by atoms with van der Waals surface area (Å²) in [7, 11) is 1.82. The smallest absolute Gasteiger partial charge is 0.160 e. The lowest BCUT2D eigenvalue weighted by atomic mass is 10.0. The molecule has 0 aliphatic carbocycles. The number of carbonyl (C=O) groups is 1. The van der Waals surface area contributed by atoms with E-state index in [1.165, 1.54) is 12.4 Å². The summed E-state index contributed by atoms with van der Waals surface area (Å²) in [4.78, 5) is 20.3. The van der Waals surface area contributed by atoms with E-state index in [1.807, 2.05) is 20.9 Å². The van der Waals surface area contributed by atoms with E-state index in [0.29, 0.717) is 33.9 Å². The molecule has 0 spiro atoms. The summed E-state index contributed by atoms with van der Waals surface area (Å²) in [5, 5.41) is 14.0. The zero-order chi connectivity index (χ0) is 21.0. The molecule has 3 N–H and O–H groups in total. The number of allylic oxidation sites excluding steroid dienone is 3. The number of halogens is 1. The van der Waals surface area contributed by atoms with Gasteiger partial charge in [0.05, 0.1) is 17.3 Å². The minimum Gasteiger partial charge on any atom is -0.390 e. The SMILES string of the molecule is CN/C(=C(\C=C(/C=O)c1ccc(F)c(C)c1)Nc1ncnc2[nH]ncc12)C(C)C. The summed E-state index contributed by atoms with van der Waals surface area (Å²) in [6, 6.07) is 4.60. The van der Waals surface area contributed by atoms with Gasteiger partial charge in [-0.15, -0.1) is 0 Å². The molecule has 150 valence electrons. The molecule has 8 heteroatoms. The average Bonchev–Trinajstić information content (AvgIpc) is 3.18. The van der Waals surface area contributed by atoms with Crippen molar-refractivity contribution in [2.45, 2.75) is 20.8 Å². The molecule has 29 heavy (non-hydrogen) atoms. The van der Waals surface area contributed by atoms with Gasteiger partial charge in [0.2, 0.25) is 0 Å². The minimum atomic E-state index is -0.311. The maximum absolute atomic E-state index is 13.7. The van der Waals surface area contributed by atoms with Crippen LogP contribution in [0.3, 0.4) is 0 Å². The Morgan fingerprint density at radius 3 is 2.72 bits per heavy atom. The van der Waals surface area contributed by atoms with Crippen LogP contribution in [0.2, 0.25) is 0 Å². The van der Waals surface area contributed by atoms with Crippen molar-refractivity contribution < 1.29 is 9.18 Å². The van der Waals surface area contributed by atoms with Gasteiger partial charge in [-0.1, -0.05) is 19.9 Å². The number of nitrogens with zero attached hydrogens (tertiary/aromatic N) is 3. The van der Waals surface area contributed by atoms with Crippen molar-refractivity contribution in [2.24, 2.45) is 5.92 Å². The molecule has 3 rings (SSSR count). The fraction of sp³-hybridized carbons (Fsp3) is 0.238. The largest absolute Gasteiger partial charge is 0.390 e. The van der Waals surface area contributed by atoms with Crippen LogP contribution in [-0.4, -0.2) is 33.5 Å². The molecular weight excluding hydrogens is 371 g/mol. The number of aldehydes is 1. The van der Waals surface area contributed by atoms with Crippen LogP contribution in [-0.2, 0) is 4.79 Å². The Morgan fingerprint density at radius 1 is 1.28 bits per heavy atom. The van der Waals surface area contributed by atoms with Crippen LogP contribution in [0.5, 0.6) is 0 Å². The number of H-pyrrole nitrogens is 1. The first kappa shape index (κ1) is 20.2. The first-order valence-electron chi connectivity index (χ1n) is 9.21. The van der Waals surface area contributed by atoms with Gasteiger partial charge in [0.15, 0.2) is 11.9 Å². The van der Waals surface area contributed by atoms with E-state index in [0.717, 1.165) is 17.4 Å². The van der Waals surface area contributed by atoms with E-state index in [9.17, 15) is 9.18 Å². The Kier molecular flexibility index (Phi) is 6.01. The molecule has 2 aromatic heterocycles. The molecule has 0 aliphatic heterocycles. The molecule has 7 nitrogen and oxygen atoms in total. The number of hydrogen-bond donors (Lipinski definition) is 3. The normalized spacial score (nSPS) is 12.8. The molecule has 1 aromatic carbocycles. The molecule has 0 bridgehead atoms. The minimum absolute atomic E-state index is 0.142. The lowest BCUT2D eigenvalue weighted by Crippen LogP contribution is -2.18. The Hall–Kier alpha value is -3.55. The molecule has 0 aliphatic rings. The second kappa shape index (κ2) is 8.64. The molecule has 0 radical (unpaired) electrons. The monoisotopic (exact) mass is 394 g/mol. The molecule has 0 saturated heterocycles. The Bertz CT molecular complexity index is 1100. The number of aromatic amines is 1. The van der Waals surface area contributed by atoms with Crippen LogP contribution >= 0.6 is 0 Å². The summed E-state index contributed by atoms with van der Waals surface area (Å²) < 4.78 is 13.7. The van der Waals surface area contributed by atoms with Gasteiger partial charge >= 0.3 is 0 Å². The zero-order valence-electron chi connectivity index (χ0n) is 16.7. The molecule has 2 heterocycles. The van der Waals surface area contributed by atoms with Crippen molar-refractivity contribution in [1.29, 1.82) is 0 Å². The second-order valence-electron chi connectivity index (χ2n) is 6.89. The molecule has 0 amide bonds. The maximum Gasteiger partial charge on any atom is 0.160 e. The average molecular weight is 394 g/mol. The molecule has 0 fully saturated rings. The lowest BCUT2D eigenvalue weighted by Gasteiger charge is -2.18. The summed E-state index contributed by atoms with van der Waals surface area (Å²) in [6.07, 6.45) is 5.56. The highest BCUT2D eigenvalue weighted by Gasteiger charge is 2.14. The molecule has 0 unspecified atom stereocenters. The topological polar surface area (TPSA) is 95.6 Å². The number of aromatic nitrogens is 4. The Labute approximate surface area is 168 Å². The Morgan fingerprint density at radius 2 is 2.07 bits per heavy atom. The van der Waals surface area contributed by atoms with Gasteiger partial charge in [0.1, 0.15) is 18.0 Å². The van der Waals surface area contributed by atoms with E-state index in [2.05, 4.69) is 30.8 Å². The van der Waals surface area contributed by atoms with Gasteiger partial charge < -0.3 is 10.6 Å². The fourth-order valence-electron chi connectivity index (χ4n) is 3.07. The lowest BCUT2D eigenvalue weighted by molar-refractivity contribution is -0.103. The van der Waals surface area contributed by atoms with Crippen LogP contribution in [0.25, 0.3) is 16.6 Å². The van der Waals surface area contributed by atoms with Crippen molar-refractivity contribution in [3.63, 3.8) is 0 Å². The van der Waals surface area contributed by atoms with Crippen molar-refractivity contribution in [2.75, 3.05) is 12.4 Å². The zero-order valence-corrected chi connectivity index (χ0v) is 16.7. The van der Waals surface area contributed by atoms with Gasteiger partial charge in [-0.3, -0.25) is 9.89 Å². The maximum atomic E-state index is 13.7. The number of benzene rings is 1. The van der Waals surface area contributed by atoms with Crippen molar-refractivity contribution in [3.8, 4) is 0 Å². The number of carbonyl (C=O) groups excluding carboxylic acids is 1. The number of fused-ring (bicyclic) bond motifs is 1. The van der Waals surface area contributed by atoms with Gasteiger partial charge in [0, 0.05) is 18.3 Å². The number of hydrogen-bond acceptors (Lipinski definition) is 6. The van der Waals surface area contributed by atoms with Gasteiger partial charge in [0.25, 0.3) is 0 Å². The van der Waals surface area contributed by atoms with Crippen LogP contribution in [0, 0.1) is 18.7 Å². The second-order valence-corrected chi connectivity index (χ2v) is 6.89. The number of nitrogens with one attached hydrogen (secondary N) is 3. The van der Waals surface area contributed by atoms with Crippen LogP contribution in [0.4, 0.5) is 10.2 Å². The van der Waals surface area contributed by atoms with Gasteiger partial charge in [-0.05, 0) is 42.2 Å². The highest BCUT2D eigenvalue weighted by molar-refractivity contribution is 6.08. The first-order valence-corrected chi connectivity index (χ1v) is 9.21. The fourth-order valence-corrected chi connectivity index (χ4v) is 3.07. The molecule has 3 aromatic rings. The van der Waals surface area contributed by atoms with Gasteiger partial charge in [-0.25, -0.2) is 14.4 Å². The number of aryl methyl sites for hydroxylation is 1. The van der Waals surface area contributed by atoms with Crippen molar-refractivity contribution >= 4 is 28.7 Å². The predicted molar refractivity (Wildman–Crippen MR) is 111 cm³/mol. The predicted octanol–water partition coefficient (Wildman–Crippen LogP) is 3.58. The Balaban J connectivity index is 2.12. The van der Waals surface area contributed by atoms with Crippen LogP contribution < -0.4 is 10.6 Å². The summed E-state index contributed by atoms with van der Waals surface area (Å²) >= 11 is 0. The standard InChI is InChI=1S/C21H23FN6O/c1-12(2)19(23-4)18(27-20-16-9-26-28-21(16)25-11-24-20)8-15(10-29)14-5-6-17(22)13(3)7-14/h5-12,23H,1-4H3,(H2,24,25,26,27,28)/b15-8+,19-18+. The van der Waals surface area contributed by atoms with E-state index >= 15 is 0 Å². The van der Waals surface area contributed by atoms with E-state index < -0.39 is 0 Å². The van der Waals surface area contributed by atoms with Crippen molar-refractivity contribution in [1.82, 2.24) is 25.5 Å².